The van der Waals surface area contributed by atoms with Gasteiger partial charge < -0.3 is 14.3 Å². The number of aromatic nitrogens is 3. The third-order valence-corrected chi connectivity index (χ3v) is 5.47. The Morgan fingerprint density at radius 2 is 2.03 bits per heavy atom. The van der Waals surface area contributed by atoms with Crippen LogP contribution in [0.4, 0.5) is 4.39 Å². The Morgan fingerprint density at radius 3 is 2.73 bits per heavy atom. The van der Waals surface area contributed by atoms with E-state index in [4.69, 9.17) is 20.8 Å². The summed E-state index contributed by atoms with van der Waals surface area (Å²) in [6.45, 7) is 7.28. The highest BCUT2D eigenvalue weighted by molar-refractivity contribution is 6.29. The van der Waals surface area contributed by atoms with Crippen LogP contribution in [-0.4, -0.2) is 26.0 Å². The molecule has 0 aliphatic carbocycles. The number of benzene rings is 1. The molecular weight excluding hydrogens is 449 g/mol. The largest absolute Gasteiger partial charge is 0.481 e. The first-order valence-corrected chi connectivity index (χ1v) is 10.8. The van der Waals surface area contributed by atoms with Gasteiger partial charge in [0.05, 0.1) is 29.8 Å². The molecule has 0 unspecified atom stereocenters. The first-order valence-electron chi connectivity index (χ1n) is 10.4. The molecule has 3 heterocycles. The fourth-order valence-electron chi connectivity index (χ4n) is 3.74. The molecule has 0 aliphatic heterocycles. The Morgan fingerprint density at radius 1 is 1.27 bits per heavy atom. The highest BCUT2D eigenvalue weighted by atomic mass is 35.5. The molecule has 2 atom stereocenters. The number of aliphatic hydroxyl groups is 1. The van der Waals surface area contributed by atoms with Gasteiger partial charge in [0.2, 0.25) is 0 Å². The van der Waals surface area contributed by atoms with Crippen LogP contribution >= 0.6 is 11.6 Å². The minimum atomic E-state index is -0.824. The molecule has 172 valence electrons. The number of halogens is 2. The summed E-state index contributed by atoms with van der Waals surface area (Å²) in [6.07, 6.45) is 2.08. The van der Waals surface area contributed by atoms with Gasteiger partial charge >= 0.3 is 0 Å². The van der Waals surface area contributed by atoms with Gasteiger partial charge in [-0.05, 0) is 57.5 Å². The van der Waals surface area contributed by atoms with Gasteiger partial charge in [-0.1, -0.05) is 11.6 Å². The molecule has 0 saturated heterocycles. The zero-order chi connectivity index (χ0) is 23.9. The van der Waals surface area contributed by atoms with Crippen molar-refractivity contribution >= 4 is 22.6 Å². The molecule has 4 rings (SSSR count). The highest BCUT2D eigenvalue weighted by Gasteiger charge is 2.21. The highest BCUT2D eigenvalue weighted by Crippen LogP contribution is 2.33. The lowest BCUT2D eigenvalue weighted by Crippen LogP contribution is -2.12. The number of ether oxygens (including phenoxy) is 1. The fraction of sp³-hybridized carbons (Fsp3) is 0.292. The van der Waals surface area contributed by atoms with Gasteiger partial charge in [0.25, 0.3) is 5.95 Å². The molecule has 0 spiro atoms. The first kappa shape index (κ1) is 22.9. The monoisotopic (exact) mass is 471 g/mol. The van der Waals surface area contributed by atoms with Gasteiger partial charge in [0.1, 0.15) is 22.6 Å². The SMILES string of the molecule is Cc1cc([C@@H](C)Oc2ccc(Cl)nc2F)c2oc(-c3cnn(C[C@@H](C)O)c3)c(C)c(=O)c2c1. The van der Waals surface area contributed by atoms with E-state index in [2.05, 4.69) is 10.1 Å². The lowest BCUT2D eigenvalue weighted by atomic mass is 10.0. The second-order valence-corrected chi connectivity index (χ2v) is 8.49. The number of nitrogens with zero attached hydrogens (tertiary/aromatic N) is 3. The van der Waals surface area contributed by atoms with Crippen LogP contribution in [0.25, 0.3) is 22.3 Å². The maximum atomic E-state index is 14.2. The van der Waals surface area contributed by atoms with Crippen LogP contribution in [0.15, 0.2) is 45.9 Å². The lowest BCUT2D eigenvalue weighted by molar-refractivity contribution is 0.168. The summed E-state index contributed by atoms with van der Waals surface area (Å²) in [6, 6.07) is 6.44. The van der Waals surface area contributed by atoms with Crippen molar-refractivity contribution < 1.29 is 18.7 Å². The molecule has 0 aliphatic rings. The molecule has 0 fully saturated rings. The van der Waals surface area contributed by atoms with Crippen LogP contribution in [-0.2, 0) is 6.54 Å². The molecule has 0 saturated carbocycles. The lowest BCUT2D eigenvalue weighted by Gasteiger charge is -2.18. The molecular formula is C24H23ClFN3O4. The zero-order valence-corrected chi connectivity index (χ0v) is 19.4. The van der Waals surface area contributed by atoms with E-state index < -0.39 is 18.2 Å². The van der Waals surface area contributed by atoms with Crippen LogP contribution in [0.3, 0.4) is 0 Å². The van der Waals surface area contributed by atoms with Crippen molar-refractivity contribution in [3.8, 4) is 17.1 Å². The van der Waals surface area contributed by atoms with Gasteiger partial charge in [-0.15, -0.1) is 0 Å². The molecule has 0 bridgehead atoms. The summed E-state index contributed by atoms with van der Waals surface area (Å²) < 4.78 is 27.8. The Balaban J connectivity index is 1.83. The summed E-state index contributed by atoms with van der Waals surface area (Å²) in [4.78, 5) is 16.8. The second kappa shape index (κ2) is 8.96. The fourth-order valence-corrected chi connectivity index (χ4v) is 3.87. The van der Waals surface area contributed by atoms with E-state index in [0.717, 1.165) is 5.56 Å². The average molecular weight is 472 g/mol. The number of aliphatic hydroxyl groups excluding tert-OH is 1. The number of fused-ring (bicyclic) bond motifs is 1. The van der Waals surface area contributed by atoms with Crippen LogP contribution in [0.5, 0.6) is 5.75 Å². The van der Waals surface area contributed by atoms with Crippen LogP contribution in [0.1, 0.15) is 36.6 Å². The van der Waals surface area contributed by atoms with E-state index in [1.165, 1.54) is 12.1 Å². The normalized spacial score (nSPS) is 13.3. The predicted octanol–water partition coefficient (Wildman–Crippen LogP) is 4.98. The van der Waals surface area contributed by atoms with Gasteiger partial charge in [-0.25, -0.2) is 4.98 Å². The number of rotatable bonds is 6. The molecule has 33 heavy (non-hydrogen) atoms. The van der Waals surface area contributed by atoms with E-state index >= 15 is 0 Å². The molecule has 4 aromatic rings. The van der Waals surface area contributed by atoms with Gasteiger partial charge in [0, 0.05) is 17.3 Å². The van der Waals surface area contributed by atoms with Crippen LogP contribution in [0, 0.1) is 19.8 Å². The van der Waals surface area contributed by atoms with Gasteiger partial charge in [-0.2, -0.15) is 9.49 Å². The quantitative estimate of drug-likeness (QED) is 0.399. The summed E-state index contributed by atoms with van der Waals surface area (Å²) in [5.74, 6) is -0.508. The van der Waals surface area contributed by atoms with Crippen LogP contribution < -0.4 is 10.2 Å². The van der Waals surface area contributed by atoms with Crippen molar-refractivity contribution in [1.29, 1.82) is 0 Å². The van der Waals surface area contributed by atoms with Crippen molar-refractivity contribution in [1.82, 2.24) is 14.8 Å². The molecule has 3 aromatic heterocycles. The first-order chi connectivity index (χ1) is 15.6. The minimum absolute atomic E-state index is 0.0239. The van der Waals surface area contributed by atoms with Gasteiger partial charge in [-0.3, -0.25) is 9.48 Å². The van der Waals surface area contributed by atoms with E-state index in [1.807, 2.05) is 13.0 Å². The maximum Gasteiger partial charge on any atom is 0.256 e. The third kappa shape index (κ3) is 4.62. The molecule has 1 N–H and O–H groups in total. The summed E-state index contributed by atoms with van der Waals surface area (Å²) in [7, 11) is 0. The van der Waals surface area contributed by atoms with Crippen molar-refractivity contribution in [2.24, 2.45) is 0 Å². The molecule has 0 radical (unpaired) electrons. The standard InChI is InChI=1S/C24H23ClFN3O4/c1-12-7-17(15(4)32-19-5-6-20(25)28-24(19)26)23-18(8-12)21(31)14(3)22(33-23)16-9-27-29(11-16)10-13(2)30/h5-9,11,13,15,30H,10H2,1-4H3/t13-,15-/m1/s1. The predicted molar refractivity (Wildman–Crippen MR) is 123 cm³/mol. The van der Waals surface area contributed by atoms with Crippen molar-refractivity contribution in [3.63, 3.8) is 0 Å². The smallest absolute Gasteiger partial charge is 0.256 e. The van der Waals surface area contributed by atoms with E-state index in [-0.39, 0.29) is 16.3 Å². The molecule has 1 aromatic carbocycles. The zero-order valence-electron chi connectivity index (χ0n) is 18.6. The Hall–Kier alpha value is -3.23. The Bertz CT molecular complexity index is 1400. The Labute approximate surface area is 194 Å². The molecule has 0 amide bonds. The minimum Gasteiger partial charge on any atom is -0.481 e. The van der Waals surface area contributed by atoms with Crippen molar-refractivity contribution in [3.05, 3.63) is 74.7 Å². The van der Waals surface area contributed by atoms with Crippen LogP contribution in [0.2, 0.25) is 5.15 Å². The number of pyridine rings is 1. The van der Waals surface area contributed by atoms with E-state index in [9.17, 15) is 14.3 Å². The second-order valence-electron chi connectivity index (χ2n) is 8.10. The molecule has 7 nitrogen and oxygen atoms in total. The van der Waals surface area contributed by atoms with E-state index in [1.54, 1.807) is 43.9 Å². The number of hydrogen-bond donors (Lipinski definition) is 1. The number of hydrogen-bond acceptors (Lipinski definition) is 6. The summed E-state index contributed by atoms with van der Waals surface area (Å²) in [5, 5.41) is 14.3. The molecule has 9 heteroatoms. The Kier molecular flexibility index (Phi) is 6.23. The van der Waals surface area contributed by atoms with Gasteiger partial charge in [0.15, 0.2) is 11.2 Å². The summed E-state index contributed by atoms with van der Waals surface area (Å²) >= 11 is 5.73. The number of aryl methyl sites for hydroxylation is 1. The van der Waals surface area contributed by atoms with Crippen molar-refractivity contribution in [2.45, 2.75) is 46.4 Å². The average Bonchev–Trinajstić information content (AvgIpc) is 3.20. The van der Waals surface area contributed by atoms with E-state index in [0.29, 0.717) is 40.0 Å². The maximum absolute atomic E-state index is 14.2. The summed E-state index contributed by atoms with van der Waals surface area (Å²) in [5.41, 5.74) is 2.66. The third-order valence-electron chi connectivity index (χ3n) is 5.26. The topological polar surface area (TPSA) is 90.4 Å². The van der Waals surface area contributed by atoms with Crippen molar-refractivity contribution in [2.75, 3.05) is 0 Å².